The van der Waals surface area contributed by atoms with Crippen LogP contribution >= 0.6 is 21.6 Å². The minimum atomic E-state index is -1.92. The van der Waals surface area contributed by atoms with E-state index in [1.807, 2.05) is 27.7 Å². The van der Waals surface area contributed by atoms with Crippen LogP contribution in [0.5, 0.6) is 0 Å². The number of hydrogen-bond acceptors (Lipinski definition) is 20. The molecular weight excluding hydrogens is 732 g/mol. The zero-order valence-corrected chi connectivity index (χ0v) is 30.2. The fourth-order valence-corrected chi connectivity index (χ4v) is 8.79. The summed E-state index contributed by atoms with van der Waals surface area (Å²) in [5.74, 6) is 1.23. The summed E-state index contributed by atoms with van der Waals surface area (Å²) in [7, 11) is 3.92. The second-order valence-electron chi connectivity index (χ2n) is 13.0. The summed E-state index contributed by atoms with van der Waals surface area (Å²) in [4.78, 5) is 0. The number of anilines is 2. The Labute approximate surface area is 309 Å². The van der Waals surface area contributed by atoms with E-state index < -0.39 is 106 Å². The molecule has 0 radical (unpaired) electrons. The average molecular weight is 787 g/mol. The van der Waals surface area contributed by atoms with Crippen molar-refractivity contribution < 1.29 is 79.9 Å². The topological polar surface area (TPSA) is 293 Å². The van der Waals surface area contributed by atoms with Crippen LogP contribution in [0.25, 0.3) is 0 Å². The van der Waals surface area contributed by atoms with E-state index in [1.54, 1.807) is 18.2 Å². The quantitative estimate of drug-likeness (QED) is 0.0334. The molecule has 13 N–H and O–H groups in total. The molecule has 3 fully saturated rings. The highest BCUT2D eigenvalue weighted by atomic mass is 33.1. The van der Waals surface area contributed by atoms with Gasteiger partial charge in [-0.05, 0) is 37.5 Å². The third kappa shape index (κ3) is 12.4. The smallest absolute Gasteiger partial charge is 0.186 e. The van der Waals surface area contributed by atoms with Crippen molar-refractivity contribution in [2.75, 3.05) is 56.1 Å². The molecule has 1 aromatic rings. The first-order chi connectivity index (χ1) is 24.9. The Hall–Kier alpha value is -1.12. The second-order valence-corrected chi connectivity index (χ2v) is 15.8. The Morgan fingerprint density at radius 3 is 2.08 bits per heavy atom. The van der Waals surface area contributed by atoms with Gasteiger partial charge in [-0.1, -0.05) is 34.1 Å². The first-order valence-electron chi connectivity index (χ1n) is 17.3. The standard InChI is InChI=1S/C32H54N2O16S2/c35-12-21-25(40)27(42)29(44)32(49-21)48-14-22-26(41)28(43)30(45)31(50-22)47-13-20(37)24(39)23(38)19(36)11-33-16-4-3-5-17(10-16)34-15-46-8-2-1-6-18-7-9-51-52-18/h3-5,10,18-45H,1-2,6-9,11-15H2. The van der Waals surface area contributed by atoms with E-state index in [2.05, 4.69) is 10.6 Å². The summed E-state index contributed by atoms with van der Waals surface area (Å²) >= 11 is 0. The van der Waals surface area contributed by atoms with E-state index in [1.165, 1.54) is 18.6 Å². The van der Waals surface area contributed by atoms with Gasteiger partial charge in [-0.3, -0.25) is 0 Å². The van der Waals surface area contributed by atoms with Crippen LogP contribution in [0.1, 0.15) is 25.7 Å². The number of aliphatic hydroxyl groups is 11. The summed E-state index contributed by atoms with van der Waals surface area (Å²) in [6, 6.07) is 7.15. The minimum Gasteiger partial charge on any atom is -0.394 e. The first-order valence-corrected chi connectivity index (χ1v) is 19.7. The van der Waals surface area contributed by atoms with Gasteiger partial charge in [-0.2, -0.15) is 0 Å². The molecule has 18 nitrogen and oxygen atoms in total. The van der Waals surface area contributed by atoms with Gasteiger partial charge in [-0.15, -0.1) is 0 Å². The average Bonchev–Trinajstić information content (AvgIpc) is 3.67. The summed E-state index contributed by atoms with van der Waals surface area (Å²) < 4.78 is 27.1. The third-order valence-corrected chi connectivity index (χ3v) is 12.1. The maximum absolute atomic E-state index is 10.5. The lowest BCUT2D eigenvalue weighted by atomic mass is 9.98. The molecule has 0 bridgehead atoms. The molecule has 0 saturated carbocycles. The SMILES string of the molecule is OCC1OC(OCC2OC(OCC(O)C(O)C(O)C(O)CNc3cccc(NCOCCCCC4CCSS4)c3)C(O)C(O)C2O)C(O)C(O)C1O. The lowest BCUT2D eigenvalue weighted by Gasteiger charge is -2.42. The molecule has 52 heavy (non-hydrogen) atoms. The second kappa shape index (κ2) is 21.8. The van der Waals surface area contributed by atoms with Gasteiger partial charge in [0.2, 0.25) is 0 Å². The molecule has 3 heterocycles. The van der Waals surface area contributed by atoms with Crippen molar-refractivity contribution in [3.05, 3.63) is 24.3 Å². The zero-order chi connectivity index (χ0) is 37.8. The highest BCUT2D eigenvalue weighted by Gasteiger charge is 2.47. The lowest BCUT2D eigenvalue weighted by Crippen LogP contribution is -2.62. The monoisotopic (exact) mass is 786 g/mol. The third-order valence-electron chi connectivity index (χ3n) is 9.06. The fraction of sp³-hybridized carbons (Fsp3) is 0.812. The van der Waals surface area contributed by atoms with E-state index >= 15 is 0 Å². The van der Waals surface area contributed by atoms with Crippen molar-refractivity contribution in [2.45, 2.75) is 117 Å². The van der Waals surface area contributed by atoms with Gasteiger partial charge < -0.3 is 90.5 Å². The highest BCUT2D eigenvalue weighted by molar-refractivity contribution is 8.77. The normalized spacial score (nSPS) is 34.8. The molecule has 1 aromatic carbocycles. The van der Waals surface area contributed by atoms with Crippen molar-refractivity contribution >= 4 is 33.0 Å². The fourth-order valence-electron chi connectivity index (χ4n) is 5.76. The van der Waals surface area contributed by atoms with E-state index in [9.17, 15) is 56.2 Å². The molecule has 0 amide bonds. The maximum atomic E-state index is 10.5. The number of aliphatic hydroxyl groups excluding tert-OH is 11. The molecule has 15 unspecified atom stereocenters. The number of ether oxygens (including phenoxy) is 5. The summed E-state index contributed by atoms with van der Waals surface area (Å²) in [6.45, 7) is -1.27. The molecule has 15 atom stereocenters. The molecule has 3 saturated heterocycles. The van der Waals surface area contributed by atoms with Crippen LogP contribution in [0.3, 0.4) is 0 Å². The largest absolute Gasteiger partial charge is 0.394 e. The Morgan fingerprint density at radius 1 is 0.769 bits per heavy atom. The van der Waals surface area contributed by atoms with Crippen LogP contribution in [-0.4, -0.2) is 193 Å². The first kappa shape index (κ1) is 43.6. The van der Waals surface area contributed by atoms with E-state index in [0.717, 1.165) is 23.8 Å². The van der Waals surface area contributed by atoms with Crippen LogP contribution in [0.2, 0.25) is 0 Å². The Bertz CT molecular complexity index is 1160. The van der Waals surface area contributed by atoms with Gasteiger partial charge in [0, 0.05) is 35.5 Å². The van der Waals surface area contributed by atoms with E-state index in [-0.39, 0.29) is 6.54 Å². The lowest BCUT2D eigenvalue weighted by molar-refractivity contribution is -0.333. The van der Waals surface area contributed by atoms with Gasteiger partial charge in [-0.25, -0.2) is 0 Å². The zero-order valence-electron chi connectivity index (χ0n) is 28.5. The van der Waals surface area contributed by atoms with Crippen LogP contribution in [-0.2, 0) is 23.7 Å². The van der Waals surface area contributed by atoms with Gasteiger partial charge in [0.1, 0.15) is 73.9 Å². The molecule has 4 rings (SSSR count). The Balaban J connectivity index is 1.16. The number of hydrogen-bond donors (Lipinski definition) is 13. The molecule has 20 heteroatoms. The van der Waals surface area contributed by atoms with E-state index in [4.69, 9.17) is 23.7 Å². The Morgan fingerprint density at radius 2 is 1.40 bits per heavy atom. The predicted molar refractivity (Wildman–Crippen MR) is 188 cm³/mol. The van der Waals surface area contributed by atoms with Gasteiger partial charge >= 0.3 is 0 Å². The van der Waals surface area contributed by atoms with Crippen molar-refractivity contribution in [1.82, 2.24) is 0 Å². The van der Waals surface area contributed by atoms with Crippen LogP contribution in [0.15, 0.2) is 24.3 Å². The summed E-state index contributed by atoms with van der Waals surface area (Å²) in [5.41, 5.74) is 1.37. The van der Waals surface area contributed by atoms with Gasteiger partial charge in [0.15, 0.2) is 12.6 Å². The molecule has 3 aliphatic heterocycles. The number of benzene rings is 1. The summed E-state index contributed by atoms with van der Waals surface area (Å²) in [5, 5.41) is 119. The predicted octanol–water partition coefficient (Wildman–Crippen LogP) is -3.11. The summed E-state index contributed by atoms with van der Waals surface area (Å²) in [6.07, 6.45) is -18.9. The number of rotatable bonds is 21. The molecule has 0 aliphatic carbocycles. The van der Waals surface area contributed by atoms with Crippen LogP contribution in [0.4, 0.5) is 11.4 Å². The molecule has 3 aliphatic rings. The van der Waals surface area contributed by atoms with Crippen molar-refractivity contribution in [1.29, 1.82) is 0 Å². The van der Waals surface area contributed by atoms with Gasteiger partial charge in [0.25, 0.3) is 0 Å². The minimum absolute atomic E-state index is 0.200. The number of unbranched alkanes of at least 4 members (excludes halogenated alkanes) is 1. The van der Waals surface area contributed by atoms with Crippen LogP contribution in [0, 0.1) is 0 Å². The number of nitrogens with one attached hydrogen (secondary N) is 2. The molecule has 0 aromatic heterocycles. The van der Waals surface area contributed by atoms with E-state index in [0.29, 0.717) is 19.0 Å². The molecule has 300 valence electrons. The van der Waals surface area contributed by atoms with Crippen LogP contribution < -0.4 is 10.6 Å². The Kier molecular flexibility index (Phi) is 18.3. The molecule has 0 spiro atoms. The molecular formula is C32H54N2O16S2. The van der Waals surface area contributed by atoms with Crippen molar-refractivity contribution in [3.8, 4) is 0 Å². The van der Waals surface area contributed by atoms with Crippen molar-refractivity contribution in [2.24, 2.45) is 0 Å². The van der Waals surface area contributed by atoms with Gasteiger partial charge in [0.05, 0.1) is 25.9 Å². The maximum Gasteiger partial charge on any atom is 0.186 e. The highest BCUT2D eigenvalue weighted by Crippen LogP contribution is 2.39. The van der Waals surface area contributed by atoms with Crippen molar-refractivity contribution in [3.63, 3.8) is 0 Å².